The van der Waals surface area contributed by atoms with Gasteiger partial charge in [0.15, 0.2) is 0 Å². The molecule has 116 valence electrons. The van der Waals surface area contributed by atoms with Gasteiger partial charge in [-0.15, -0.1) is 0 Å². The third kappa shape index (κ3) is 3.40. The summed E-state index contributed by atoms with van der Waals surface area (Å²) in [6.07, 6.45) is 2.03. The molecular formula is C13H20N4O4. The van der Waals surface area contributed by atoms with E-state index in [1.807, 2.05) is 6.92 Å². The van der Waals surface area contributed by atoms with Crippen LogP contribution in [-0.2, 0) is 11.3 Å². The molecule has 1 aliphatic rings. The molecule has 21 heavy (non-hydrogen) atoms. The average Bonchev–Trinajstić information content (AvgIpc) is 2.91. The van der Waals surface area contributed by atoms with Gasteiger partial charge in [0.05, 0.1) is 23.8 Å². The van der Waals surface area contributed by atoms with Crippen molar-refractivity contribution in [3.63, 3.8) is 0 Å². The number of hydrogen-bond acceptors (Lipinski definition) is 5. The van der Waals surface area contributed by atoms with Gasteiger partial charge in [-0.2, -0.15) is 0 Å². The Balaban J connectivity index is 2.22. The quantitative estimate of drug-likeness (QED) is 0.633. The predicted octanol–water partition coefficient (Wildman–Crippen LogP) is 0.606. The van der Waals surface area contributed by atoms with Crippen molar-refractivity contribution in [3.05, 3.63) is 28.1 Å². The van der Waals surface area contributed by atoms with Gasteiger partial charge in [0.2, 0.25) is 0 Å². The SMILES string of the molecule is CCCn1cc([N+](=O)[O-])cc1C(=O)N1CCOC(CN)C1. The van der Waals surface area contributed by atoms with Crippen molar-refractivity contribution in [1.29, 1.82) is 0 Å². The lowest BCUT2D eigenvalue weighted by Gasteiger charge is -2.32. The Morgan fingerprint density at radius 3 is 3.00 bits per heavy atom. The number of carbonyl (C=O) groups excluding carboxylic acids is 1. The van der Waals surface area contributed by atoms with Crippen LogP contribution in [0.2, 0.25) is 0 Å². The van der Waals surface area contributed by atoms with Crippen molar-refractivity contribution < 1.29 is 14.5 Å². The third-order valence-corrected chi connectivity index (χ3v) is 3.47. The van der Waals surface area contributed by atoms with Gasteiger partial charge in [-0.3, -0.25) is 14.9 Å². The molecular weight excluding hydrogens is 276 g/mol. The second kappa shape index (κ2) is 6.68. The van der Waals surface area contributed by atoms with Gasteiger partial charge < -0.3 is 19.9 Å². The van der Waals surface area contributed by atoms with Crippen LogP contribution in [0.4, 0.5) is 5.69 Å². The molecule has 1 aromatic rings. The lowest BCUT2D eigenvalue weighted by Crippen LogP contribution is -2.48. The van der Waals surface area contributed by atoms with Gasteiger partial charge >= 0.3 is 0 Å². The Hall–Kier alpha value is -1.93. The van der Waals surface area contributed by atoms with Crippen molar-refractivity contribution in [2.24, 2.45) is 5.73 Å². The number of morpholine rings is 1. The zero-order chi connectivity index (χ0) is 15.4. The molecule has 1 aliphatic heterocycles. The minimum Gasteiger partial charge on any atom is -0.373 e. The highest BCUT2D eigenvalue weighted by Crippen LogP contribution is 2.19. The summed E-state index contributed by atoms with van der Waals surface area (Å²) in [6, 6.07) is 1.34. The molecule has 0 bridgehead atoms. The molecule has 0 saturated carbocycles. The number of aromatic nitrogens is 1. The van der Waals surface area contributed by atoms with Crippen LogP contribution in [0.1, 0.15) is 23.8 Å². The Morgan fingerprint density at radius 2 is 2.38 bits per heavy atom. The second-order valence-electron chi connectivity index (χ2n) is 5.01. The highest BCUT2D eigenvalue weighted by atomic mass is 16.6. The zero-order valence-electron chi connectivity index (χ0n) is 12.0. The maximum Gasteiger partial charge on any atom is 0.287 e. The van der Waals surface area contributed by atoms with E-state index in [1.165, 1.54) is 12.3 Å². The van der Waals surface area contributed by atoms with E-state index >= 15 is 0 Å². The largest absolute Gasteiger partial charge is 0.373 e. The number of nitro groups is 1. The van der Waals surface area contributed by atoms with Crippen molar-refractivity contribution in [2.45, 2.75) is 26.0 Å². The minimum atomic E-state index is -0.481. The van der Waals surface area contributed by atoms with Gasteiger partial charge in [-0.1, -0.05) is 6.92 Å². The maximum absolute atomic E-state index is 12.6. The topological polar surface area (TPSA) is 104 Å². The standard InChI is InChI=1S/C13H20N4O4/c1-2-3-15-8-10(17(19)20)6-12(15)13(18)16-4-5-21-11(7-14)9-16/h6,8,11H,2-5,7,9,14H2,1H3. The summed E-state index contributed by atoms with van der Waals surface area (Å²) < 4.78 is 7.08. The molecule has 8 nitrogen and oxygen atoms in total. The van der Waals surface area contributed by atoms with Gasteiger partial charge in [0.25, 0.3) is 11.6 Å². The van der Waals surface area contributed by atoms with Crippen LogP contribution >= 0.6 is 0 Å². The van der Waals surface area contributed by atoms with E-state index in [-0.39, 0.29) is 17.7 Å². The average molecular weight is 296 g/mol. The number of carbonyl (C=O) groups is 1. The number of nitrogens with zero attached hydrogens (tertiary/aromatic N) is 3. The lowest BCUT2D eigenvalue weighted by atomic mass is 10.2. The first kappa shape index (κ1) is 15.5. The van der Waals surface area contributed by atoms with Crippen molar-refractivity contribution in [3.8, 4) is 0 Å². The Morgan fingerprint density at radius 1 is 1.62 bits per heavy atom. The van der Waals surface area contributed by atoms with E-state index in [9.17, 15) is 14.9 Å². The fraction of sp³-hybridized carbons (Fsp3) is 0.615. The number of ether oxygens (including phenoxy) is 1. The molecule has 0 radical (unpaired) electrons. The minimum absolute atomic E-state index is 0.0598. The van der Waals surface area contributed by atoms with Crippen LogP contribution in [0, 0.1) is 10.1 Å². The van der Waals surface area contributed by atoms with Crippen LogP contribution in [0.3, 0.4) is 0 Å². The van der Waals surface area contributed by atoms with Gasteiger partial charge in [-0.25, -0.2) is 0 Å². The number of hydrogen-bond donors (Lipinski definition) is 1. The molecule has 8 heteroatoms. The summed E-state index contributed by atoms with van der Waals surface area (Å²) in [4.78, 5) is 24.6. The van der Waals surface area contributed by atoms with E-state index in [4.69, 9.17) is 10.5 Å². The van der Waals surface area contributed by atoms with Crippen LogP contribution in [0.25, 0.3) is 0 Å². The molecule has 2 heterocycles. The smallest absolute Gasteiger partial charge is 0.287 e. The molecule has 1 atom stereocenters. The van der Waals surface area contributed by atoms with Crippen LogP contribution < -0.4 is 5.73 Å². The first-order valence-corrected chi connectivity index (χ1v) is 7.02. The fourth-order valence-electron chi connectivity index (χ4n) is 2.41. The Bertz CT molecular complexity index is 528. The normalized spacial score (nSPS) is 18.8. The van der Waals surface area contributed by atoms with E-state index in [1.54, 1.807) is 9.47 Å². The molecule has 1 aromatic heterocycles. The summed E-state index contributed by atoms with van der Waals surface area (Å²) in [7, 11) is 0. The molecule has 0 spiro atoms. The van der Waals surface area contributed by atoms with E-state index in [0.29, 0.717) is 38.5 Å². The molecule has 1 fully saturated rings. The highest BCUT2D eigenvalue weighted by molar-refractivity contribution is 5.93. The molecule has 1 amide bonds. The van der Waals surface area contributed by atoms with Crippen LogP contribution in [0.5, 0.6) is 0 Å². The van der Waals surface area contributed by atoms with E-state index < -0.39 is 4.92 Å². The summed E-state index contributed by atoms with van der Waals surface area (Å²) in [5.74, 6) is -0.210. The lowest BCUT2D eigenvalue weighted by molar-refractivity contribution is -0.384. The number of amides is 1. The number of rotatable bonds is 5. The number of nitrogens with two attached hydrogens (primary N) is 1. The fourth-order valence-corrected chi connectivity index (χ4v) is 2.41. The summed E-state index contributed by atoms with van der Waals surface area (Å²) in [5, 5.41) is 10.9. The van der Waals surface area contributed by atoms with Crippen LogP contribution in [-0.4, -0.2) is 52.6 Å². The van der Waals surface area contributed by atoms with E-state index in [0.717, 1.165) is 6.42 Å². The predicted molar refractivity (Wildman–Crippen MR) is 76.1 cm³/mol. The first-order chi connectivity index (χ1) is 10.1. The molecule has 0 aliphatic carbocycles. The molecule has 2 rings (SSSR count). The zero-order valence-corrected chi connectivity index (χ0v) is 12.0. The van der Waals surface area contributed by atoms with Crippen molar-refractivity contribution in [2.75, 3.05) is 26.2 Å². The second-order valence-corrected chi connectivity index (χ2v) is 5.01. The van der Waals surface area contributed by atoms with Crippen molar-refractivity contribution >= 4 is 11.6 Å². The monoisotopic (exact) mass is 296 g/mol. The molecule has 0 aromatic carbocycles. The Labute approximate surface area is 122 Å². The first-order valence-electron chi connectivity index (χ1n) is 7.02. The third-order valence-electron chi connectivity index (χ3n) is 3.47. The molecule has 2 N–H and O–H groups in total. The molecule has 1 saturated heterocycles. The van der Waals surface area contributed by atoms with Crippen molar-refractivity contribution in [1.82, 2.24) is 9.47 Å². The van der Waals surface area contributed by atoms with E-state index in [2.05, 4.69) is 0 Å². The Kier molecular flexibility index (Phi) is 4.92. The van der Waals surface area contributed by atoms with Gasteiger partial charge in [-0.05, 0) is 6.42 Å². The van der Waals surface area contributed by atoms with Gasteiger partial charge in [0, 0.05) is 32.2 Å². The van der Waals surface area contributed by atoms with Gasteiger partial charge in [0.1, 0.15) is 5.69 Å². The summed E-state index contributed by atoms with van der Waals surface area (Å²) in [5.41, 5.74) is 5.86. The number of aryl methyl sites for hydroxylation is 1. The highest BCUT2D eigenvalue weighted by Gasteiger charge is 2.27. The maximum atomic E-state index is 12.6. The summed E-state index contributed by atoms with van der Waals surface area (Å²) in [6.45, 7) is 4.20. The summed E-state index contributed by atoms with van der Waals surface area (Å²) >= 11 is 0. The molecule has 1 unspecified atom stereocenters. The van der Waals surface area contributed by atoms with Crippen LogP contribution in [0.15, 0.2) is 12.3 Å².